The molecule has 3 N–H and O–H groups in total. The Morgan fingerprint density at radius 1 is 1.17 bits per heavy atom. The van der Waals surface area contributed by atoms with Gasteiger partial charge in [0.15, 0.2) is 0 Å². The predicted molar refractivity (Wildman–Crippen MR) is 116 cm³/mol. The molecule has 0 saturated carbocycles. The van der Waals surface area contributed by atoms with Crippen molar-refractivity contribution < 1.29 is 14.4 Å². The van der Waals surface area contributed by atoms with Crippen molar-refractivity contribution in [1.82, 2.24) is 10.6 Å². The molecule has 5 amide bonds. The Bertz CT molecular complexity index is 1000. The van der Waals surface area contributed by atoms with Crippen LogP contribution in [0.5, 0.6) is 0 Å². The van der Waals surface area contributed by atoms with Crippen LogP contribution in [-0.4, -0.2) is 24.0 Å². The number of hydrogen-bond acceptors (Lipinski definition) is 3. The van der Waals surface area contributed by atoms with Crippen LogP contribution in [0.15, 0.2) is 42.5 Å². The number of hydrogen-bond donors (Lipinski definition) is 3. The first-order valence-corrected chi connectivity index (χ1v) is 10.4. The molecule has 1 heterocycles. The summed E-state index contributed by atoms with van der Waals surface area (Å²) in [4.78, 5) is 38.2. The monoisotopic (exact) mass is 406 g/mol. The molecule has 7 nitrogen and oxygen atoms in total. The summed E-state index contributed by atoms with van der Waals surface area (Å²) in [5.41, 5.74) is 4.78. The molecule has 1 aliphatic heterocycles. The van der Waals surface area contributed by atoms with Crippen LogP contribution in [0, 0.1) is 0 Å². The number of urea groups is 2. The van der Waals surface area contributed by atoms with Gasteiger partial charge in [-0.2, -0.15) is 0 Å². The number of benzene rings is 2. The highest BCUT2D eigenvalue weighted by atomic mass is 16.2. The van der Waals surface area contributed by atoms with Gasteiger partial charge in [0.25, 0.3) is 5.91 Å². The molecule has 0 radical (unpaired) electrons. The number of nitrogens with one attached hydrogen (secondary N) is 3. The Kier molecular flexibility index (Phi) is 5.44. The van der Waals surface area contributed by atoms with Crippen LogP contribution in [0.2, 0.25) is 0 Å². The third kappa shape index (κ3) is 3.87. The van der Waals surface area contributed by atoms with Crippen molar-refractivity contribution >= 4 is 29.3 Å². The quantitative estimate of drug-likeness (QED) is 0.658. The summed E-state index contributed by atoms with van der Waals surface area (Å²) in [6.45, 7) is 3.79. The minimum Gasteiger partial charge on any atom is -0.331 e. The van der Waals surface area contributed by atoms with Gasteiger partial charge in [0.1, 0.15) is 6.04 Å². The van der Waals surface area contributed by atoms with Gasteiger partial charge in [-0.25, -0.2) is 14.5 Å². The highest BCUT2D eigenvalue weighted by molar-refractivity contribution is 6.21. The average molecular weight is 406 g/mol. The molecule has 4 rings (SSSR count). The van der Waals surface area contributed by atoms with Crippen molar-refractivity contribution in [2.45, 2.75) is 51.6 Å². The smallest absolute Gasteiger partial charge is 0.329 e. The number of carbonyl (C=O) groups is 3. The molecule has 1 aliphatic carbocycles. The van der Waals surface area contributed by atoms with E-state index in [9.17, 15) is 14.4 Å². The third-order valence-corrected chi connectivity index (χ3v) is 5.76. The fraction of sp³-hybridized carbons (Fsp3) is 0.348. The van der Waals surface area contributed by atoms with E-state index in [4.69, 9.17) is 0 Å². The molecule has 0 bridgehead atoms. The van der Waals surface area contributed by atoms with Gasteiger partial charge in [0.05, 0.1) is 11.7 Å². The summed E-state index contributed by atoms with van der Waals surface area (Å²) in [5, 5.41) is 8.40. The van der Waals surface area contributed by atoms with E-state index >= 15 is 0 Å². The Morgan fingerprint density at radius 2 is 1.97 bits per heavy atom. The maximum atomic E-state index is 12.5. The number of nitrogens with zero attached hydrogens (tertiary/aromatic N) is 1. The lowest BCUT2D eigenvalue weighted by molar-refractivity contribution is -0.118. The Morgan fingerprint density at radius 3 is 2.73 bits per heavy atom. The molecule has 7 heteroatoms. The lowest BCUT2D eigenvalue weighted by atomic mass is 10.0. The van der Waals surface area contributed by atoms with Gasteiger partial charge >= 0.3 is 12.1 Å². The second-order valence-electron chi connectivity index (χ2n) is 7.84. The summed E-state index contributed by atoms with van der Waals surface area (Å²) < 4.78 is 0. The van der Waals surface area contributed by atoms with E-state index in [2.05, 4.69) is 34.1 Å². The Balaban J connectivity index is 1.42. The van der Waals surface area contributed by atoms with Crippen LogP contribution in [0.3, 0.4) is 0 Å². The number of carbonyl (C=O) groups excluding carboxylic acids is 3. The molecule has 2 aromatic carbocycles. The molecular weight excluding hydrogens is 380 g/mol. The largest absolute Gasteiger partial charge is 0.331 e. The summed E-state index contributed by atoms with van der Waals surface area (Å²) >= 11 is 0. The maximum absolute atomic E-state index is 12.5. The van der Waals surface area contributed by atoms with E-state index < -0.39 is 12.1 Å². The molecule has 0 aromatic heterocycles. The number of imide groups is 1. The normalized spacial score (nSPS) is 18.7. The van der Waals surface area contributed by atoms with Crippen molar-refractivity contribution in [2.24, 2.45) is 0 Å². The second kappa shape index (κ2) is 8.18. The summed E-state index contributed by atoms with van der Waals surface area (Å²) in [6.07, 6.45) is 3.94. The van der Waals surface area contributed by atoms with Gasteiger partial charge in [-0.3, -0.25) is 4.79 Å². The van der Waals surface area contributed by atoms with Crippen molar-refractivity contribution in [3.05, 3.63) is 59.2 Å². The fourth-order valence-electron chi connectivity index (χ4n) is 4.08. The van der Waals surface area contributed by atoms with Crippen LogP contribution < -0.4 is 20.9 Å². The van der Waals surface area contributed by atoms with E-state index in [1.54, 1.807) is 24.3 Å². The minimum atomic E-state index is -0.509. The molecule has 0 spiro atoms. The topological polar surface area (TPSA) is 90.5 Å². The van der Waals surface area contributed by atoms with E-state index in [0.29, 0.717) is 17.8 Å². The first-order chi connectivity index (χ1) is 14.5. The lowest BCUT2D eigenvalue weighted by Gasteiger charge is -2.17. The zero-order valence-electron chi connectivity index (χ0n) is 17.2. The molecule has 30 heavy (non-hydrogen) atoms. The van der Waals surface area contributed by atoms with Gasteiger partial charge in [0, 0.05) is 5.69 Å². The van der Waals surface area contributed by atoms with Gasteiger partial charge in [0.2, 0.25) is 0 Å². The number of aryl methyl sites for hydroxylation is 2. The summed E-state index contributed by atoms with van der Waals surface area (Å²) in [5.74, 6) is -0.283. The highest BCUT2D eigenvalue weighted by Crippen LogP contribution is 2.26. The zero-order valence-corrected chi connectivity index (χ0v) is 17.2. The zero-order chi connectivity index (χ0) is 21.3. The first kappa shape index (κ1) is 19.9. The third-order valence-electron chi connectivity index (χ3n) is 5.76. The number of fused-ring (bicyclic) bond motifs is 1. The molecule has 2 atom stereocenters. The standard InChI is InChI=1S/C23H26N4O3/c1-3-20-21(28)27(23(30)26-20)19-9-5-8-18(13-19)25-22(29)24-14(2)16-11-10-15-6-4-7-17(15)12-16/h5,8-14,20H,3-4,6-7H2,1-2H3,(H,26,30)(H2,24,25,29)/t14-,20?/m1/s1. The number of rotatable bonds is 5. The van der Waals surface area contributed by atoms with Gasteiger partial charge in [-0.15, -0.1) is 0 Å². The van der Waals surface area contributed by atoms with Crippen molar-refractivity contribution in [3.63, 3.8) is 0 Å². The summed E-state index contributed by atoms with van der Waals surface area (Å²) in [6, 6.07) is 11.7. The minimum absolute atomic E-state index is 0.143. The van der Waals surface area contributed by atoms with E-state index in [1.807, 2.05) is 13.8 Å². The summed E-state index contributed by atoms with van der Waals surface area (Å²) in [7, 11) is 0. The van der Waals surface area contributed by atoms with Crippen molar-refractivity contribution in [2.75, 3.05) is 10.2 Å². The van der Waals surface area contributed by atoms with Crippen molar-refractivity contribution in [3.8, 4) is 0 Å². The van der Waals surface area contributed by atoms with E-state index in [1.165, 1.54) is 17.5 Å². The van der Waals surface area contributed by atoms with Crippen LogP contribution in [0.4, 0.5) is 21.0 Å². The van der Waals surface area contributed by atoms with Gasteiger partial charge < -0.3 is 16.0 Å². The molecule has 1 saturated heterocycles. The Hall–Kier alpha value is -3.35. The van der Waals surface area contributed by atoms with E-state index in [-0.39, 0.29) is 18.0 Å². The number of anilines is 2. The lowest BCUT2D eigenvalue weighted by Crippen LogP contribution is -2.32. The van der Waals surface area contributed by atoms with E-state index in [0.717, 1.165) is 23.3 Å². The number of amides is 5. The maximum Gasteiger partial charge on any atom is 0.329 e. The molecule has 1 unspecified atom stereocenters. The van der Waals surface area contributed by atoms with Gasteiger partial charge in [-0.1, -0.05) is 31.2 Å². The molecule has 156 valence electrons. The Labute approximate surface area is 175 Å². The highest BCUT2D eigenvalue weighted by Gasteiger charge is 2.37. The first-order valence-electron chi connectivity index (χ1n) is 10.4. The van der Waals surface area contributed by atoms with Crippen molar-refractivity contribution in [1.29, 1.82) is 0 Å². The molecular formula is C23H26N4O3. The van der Waals surface area contributed by atoms with Crippen LogP contribution in [0.25, 0.3) is 0 Å². The second-order valence-corrected chi connectivity index (χ2v) is 7.84. The predicted octanol–water partition coefficient (Wildman–Crippen LogP) is 3.89. The molecule has 2 aliphatic rings. The van der Waals surface area contributed by atoms with Gasteiger partial charge in [-0.05, 0) is 67.5 Å². The van der Waals surface area contributed by atoms with Crippen LogP contribution in [-0.2, 0) is 17.6 Å². The average Bonchev–Trinajstić information content (AvgIpc) is 3.30. The fourth-order valence-corrected chi connectivity index (χ4v) is 4.08. The molecule has 2 aromatic rings. The van der Waals surface area contributed by atoms with Crippen LogP contribution >= 0.6 is 0 Å². The van der Waals surface area contributed by atoms with Crippen LogP contribution in [0.1, 0.15) is 49.4 Å². The molecule has 1 fully saturated rings. The SMILES string of the molecule is CCC1NC(=O)N(c2cccc(NC(=O)N[C@H](C)c3ccc4c(c3)CCC4)c2)C1=O.